The SMILES string of the molecule is N[C@H]1C[S@@](=O)C[C@@H](Cc2ccc(NC(=O)OCc3ccccc3)c(F)c2)[C@@H]1O. The van der Waals surface area contributed by atoms with E-state index in [0.29, 0.717) is 17.7 Å². The first-order valence-corrected chi connectivity index (χ1v) is 10.5. The number of carbonyl (C=O) groups is 1. The van der Waals surface area contributed by atoms with E-state index in [-0.39, 0.29) is 24.0 Å². The van der Waals surface area contributed by atoms with E-state index in [0.717, 1.165) is 5.56 Å². The minimum atomic E-state index is -1.08. The average molecular weight is 406 g/mol. The molecule has 0 saturated carbocycles. The van der Waals surface area contributed by atoms with E-state index < -0.39 is 34.9 Å². The summed E-state index contributed by atoms with van der Waals surface area (Å²) in [6, 6.07) is 13.0. The summed E-state index contributed by atoms with van der Waals surface area (Å²) in [5, 5.41) is 12.6. The molecule has 4 atom stereocenters. The van der Waals surface area contributed by atoms with Crippen molar-refractivity contribution in [3.8, 4) is 0 Å². The Hall–Kier alpha value is -2.29. The molecule has 3 rings (SSSR count). The van der Waals surface area contributed by atoms with Gasteiger partial charge in [-0.15, -0.1) is 0 Å². The molecule has 28 heavy (non-hydrogen) atoms. The molecule has 0 bridgehead atoms. The number of carbonyl (C=O) groups excluding carboxylic acids is 1. The van der Waals surface area contributed by atoms with Crippen LogP contribution in [0.3, 0.4) is 0 Å². The highest BCUT2D eigenvalue weighted by Gasteiger charge is 2.33. The van der Waals surface area contributed by atoms with Crippen molar-refractivity contribution in [3.05, 3.63) is 65.5 Å². The van der Waals surface area contributed by atoms with Crippen LogP contribution in [0.25, 0.3) is 0 Å². The van der Waals surface area contributed by atoms with Gasteiger partial charge in [0.25, 0.3) is 0 Å². The van der Waals surface area contributed by atoms with Gasteiger partial charge in [-0.2, -0.15) is 0 Å². The third kappa shape index (κ3) is 5.37. The molecule has 0 aromatic heterocycles. The van der Waals surface area contributed by atoms with E-state index >= 15 is 0 Å². The Labute approximate surface area is 165 Å². The van der Waals surface area contributed by atoms with E-state index in [1.54, 1.807) is 6.07 Å². The lowest BCUT2D eigenvalue weighted by molar-refractivity contribution is 0.0937. The first-order chi connectivity index (χ1) is 13.4. The van der Waals surface area contributed by atoms with Gasteiger partial charge in [0.2, 0.25) is 0 Å². The van der Waals surface area contributed by atoms with Crippen LogP contribution in [-0.4, -0.2) is 39.1 Å². The van der Waals surface area contributed by atoms with Crippen LogP contribution in [0.4, 0.5) is 14.9 Å². The van der Waals surface area contributed by atoms with Gasteiger partial charge in [0.1, 0.15) is 12.4 Å². The summed E-state index contributed by atoms with van der Waals surface area (Å²) < 4.78 is 31.3. The second-order valence-electron chi connectivity index (χ2n) is 6.89. The molecule has 2 aromatic carbocycles. The molecule has 1 heterocycles. The Morgan fingerprint density at radius 3 is 2.68 bits per heavy atom. The highest BCUT2D eigenvalue weighted by Crippen LogP contribution is 2.23. The van der Waals surface area contributed by atoms with Crippen LogP contribution in [0.1, 0.15) is 11.1 Å². The van der Waals surface area contributed by atoms with Crippen LogP contribution in [0.2, 0.25) is 0 Å². The molecule has 0 radical (unpaired) electrons. The summed E-state index contributed by atoms with van der Waals surface area (Å²) in [6.45, 7) is 0.0866. The van der Waals surface area contributed by atoms with Gasteiger partial charge in [-0.25, -0.2) is 9.18 Å². The van der Waals surface area contributed by atoms with E-state index in [1.807, 2.05) is 30.3 Å². The van der Waals surface area contributed by atoms with Crippen LogP contribution in [-0.2, 0) is 28.6 Å². The van der Waals surface area contributed by atoms with Gasteiger partial charge in [-0.3, -0.25) is 9.53 Å². The van der Waals surface area contributed by atoms with Crippen LogP contribution >= 0.6 is 0 Å². The lowest BCUT2D eigenvalue weighted by Crippen LogP contribution is -2.50. The number of anilines is 1. The van der Waals surface area contributed by atoms with Crippen LogP contribution in [0.15, 0.2) is 48.5 Å². The van der Waals surface area contributed by atoms with E-state index in [2.05, 4.69) is 5.32 Å². The van der Waals surface area contributed by atoms with Crippen molar-refractivity contribution < 1.29 is 23.2 Å². The Kier molecular flexibility index (Phi) is 6.77. The van der Waals surface area contributed by atoms with Gasteiger partial charge in [0.05, 0.1) is 11.8 Å². The van der Waals surface area contributed by atoms with Crippen LogP contribution in [0, 0.1) is 11.7 Å². The minimum absolute atomic E-state index is 0.00582. The van der Waals surface area contributed by atoms with Crippen molar-refractivity contribution in [2.75, 3.05) is 16.8 Å². The monoisotopic (exact) mass is 406 g/mol. The summed E-state index contributed by atoms with van der Waals surface area (Å²) in [5.74, 6) is -0.286. The second-order valence-corrected chi connectivity index (χ2v) is 8.44. The van der Waals surface area contributed by atoms with E-state index in [1.165, 1.54) is 12.1 Å². The van der Waals surface area contributed by atoms with Gasteiger partial charge >= 0.3 is 6.09 Å². The Bertz CT molecular complexity index is 849. The number of rotatable bonds is 5. The fraction of sp³-hybridized carbons (Fsp3) is 0.350. The number of nitrogens with one attached hydrogen (secondary N) is 1. The van der Waals surface area contributed by atoms with Crippen molar-refractivity contribution in [1.29, 1.82) is 0 Å². The molecular weight excluding hydrogens is 383 g/mol. The smallest absolute Gasteiger partial charge is 0.412 e. The molecule has 8 heteroatoms. The number of aliphatic hydroxyl groups is 1. The number of nitrogens with two attached hydrogens (primary N) is 1. The minimum Gasteiger partial charge on any atom is -0.444 e. The molecule has 0 unspecified atom stereocenters. The zero-order valence-corrected chi connectivity index (χ0v) is 16.0. The van der Waals surface area contributed by atoms with Gasteiger partial charge in [0.15, 0.2) is 0 Å². The Morgan fingerprint density at radius 1 is 1.21 bits per heavy atom. The summed E-state index contributed by atoms with van der Waals surface area (Å²) in [7, 11) is -1.08. The lowest BCUT2D eigenvalue weighted by Gasteiger charge is -2.32. The highest BCUT2D eigenvalue weighted by molar-refractivity contribution is 7.85. The Morgan fingerprint density at radius 2 is 1.96 bits per heavy atom. The number of ether oxygens (including phenoxy) is 1. The summed E-state index contributed by atoms with van der Waals surface area (Å²) >= 11 is 0. The van der Waals surface area contributed by atoms with Crippen LogP contribution in [0.5, 0.6) is 0 Å². The fourth-order valence-electron chi connectivity index (χ4n) is 3.21. The maximum atomic E-state index is 14.4. The molecule has 1 aliphatic heterocycles. The molecule has 1 amide bonds. The normalized spacial score (nSPS) is 24.5. The molecule has 150 valence electrons. The van der Waals surface area contributed by atoms with E-state index in [9.17, 15) is 18.5 Å². The zero-order valence-electron chi connectivity index (χ0n) is 15.2. The van der Waals surface area contributed by atoms with Crippen LogP contribution < -0.4 is 11.1 Å². The summed E-state index contributed by atoms with van der Waals surface area (Å²) in [5.41, 5.74) is 7.28. The van der Waals surface area contributed by atoms with Crippen molar-refractivity contribution in [2.45, 2.75) is 25.2 Å². The molecule has 1 fully saturated rings. The molecule has 6 nitrogen and oxygen atoms in total. The van der Waals surface area contributed by atoms with Crippen molar-refractivity contribution in [2.24, 2.45) is 11.7 Å². The quantitative estimate of drug-likeness (QED) is 0.707. The summed E-state index contributed by atoms with van der Waals surface area (Å²) in [4.78, 5) is 11.9. The molecule has 0 spiro atoms. The third-order valence-electron chi connectivity index (χ3n) is 4.68. The first-order valence-electron chi connectivity index (χ1n) is 8.97. The predicted molar refractivity (Wildman–Crippen MR) is 106 cm³/mol. The van der Waals surface area contributed by atoms with Crippen molar-refractivity contribution in [3.63, 3.8) is 0 Å². The van der Waals surface area contributed by atoms with Gasteiger partial charge in [0, 0.05) is 34.3 Å². The average Bonchev–Trinajstić information content (AvgIpc) is 2.67. The number of hydrogen-bond acceptors (Lipinski definition) is 5. The standard InChI is InChI=1S/C20H23FN2O4S/c21-16-9-14(8-15-11-28(26)12-17(22)19(15)24)6-7-18(16)23-20(25)27-10-13-4-2-1-3-5-13/h1-7,9,15,17,19,24H,8,10-12,22H2,(H,23,25)/t15-,17+,19+,28+/m1/s1. The molecule has 0 aliphatic carbocycles. The fourth-order valence-corrected chi connectivity index (χ4v) is 4.76. The molecule has 1 saturated heterocycles. The maximum Gasteiger partial charge on any atom is 0.412 e. The number of aliphatic hydroxyl groups excluding tert-OH is 1. The topological polar surface area (TPSA) is 102 Å². The van der Waals surface area contributed by atoms with Crippen molar-refractivity contribution >= 4 is 22.6 Å². The molecule has 2 aromatic rings. The largest absolute Gasteiger partial charge is 0.444 e. The van der Waals surface area contributed by atoms with Gasteiger partial charge in [-0.1, -0.05) is 36.4 Å². The zero-order chi connectivity index (χ0) is 20.1. The highest BCUT2D eigenvalue weighted by atomic mass is 32.2. The van der Waals surface area contributed by atoms with Crippen molar-refractivity contribution in [1.82, 2.24) is 0 Å². The number of hydrogen-bond donors (Lipinski definition) is 3. The maximum absolute atomic E-state index is 14.4. The first kappa shape index (κ1) is 20.4. The Balaban J connectivity index is 1.57. The number of amides is 1. The number of benzene rings is 2. The second kappa shape index (κ2) is 9.27. The molecule has 4 N–H and O–H groups in total. The predicted octanol–water partition coefficient (Wildman–Crippen LogP) is 2.18. The summed E-state index contributed by atoms with van der Waals surface area (Å²) in [6.07, 6.45) is -1.16. The van der Waals surface area contributed by atoms with Gasteiger partial charge < -0.3 is 15.6 Å². The number of halogens is 1. The molecular formula is C20H23FN2O4S. The molecule has 1 aliphatic rings. The third-order valence-corrected chi connectivity index (χ3v) is 6.24. The lowest BCUT2D eigenvalue weighted by atomic mass is 9.91. The van der Waals surface area contributed by atoms with Gasteiger partial charge in [-0.05, 0) is 29.7 Å². The van der Waals surface area contributed by atoms with E-state index in [4.69, 9.17) is 10.5 Å².